The summed E-state index contributed by atoms with van der Waals surface area (Å²) in [7, 11) is -3.46. The van der Waals surface area contributed by atoms with Crippen LogP contribution in [0.1, 0.15) is 25.1 Å². The smallest absolute Gasteiger partial charge is 0.228 e. The summed E-state index contributed by atoms with van der Waals surface area (Å²) in [5.41, 5.74) is 1.47. The molecule has 0 unspecified atom stereocenters. The molecule has 21 heavy (non-hydrogen) atoms. The molecule has 0 aliphatic carbocycles. The predicted molar refractivity (Wildman–Crippen MR) is 80.6 cm³/mol. The fourth-order valence-electron chi connectivity index (χ4n) is 2.21. The molecule has 1 N–H and O–H groups in total. The Morgan fingerprint density at radius 1 is 1.24 bits per heavy atom. The van der Waals surface area contributed by atoms with Crippen LogP contribution >= 0.6 is 0 Å². The normalized spacial score (nSPS) is 12.0. The molecule has 2 rings (SSSR count). The van der Waals surface area contributed by atoms with Gasteiger partial charge in [-0.25, -0.2) is 13.4 Å². The lowest BCUT2D eigenvalue weighted by atomic mass is 10.2. The van der Waals surface area contributed by atoms with E-state index in [-0.39, 0.29) is 23.4 Å². The topological polar surface area (TPSA) is 72.2 Å². The van der Waals surface area contributed by atoms with Gasteiger partial charge in [0.15, 0.2) is 0 Å². The van der Waals surface area contributed by atoms with E-state index in [1.165, 1.54) is 6.20 Å². The number of aliphatic hydroxyl groups is 1. The summed E-state index contributed by atoms with van der Waals surface area (Å²) in [5.74, 6) is 0.0679. The predicted octanol–water partition coefficient (Wildman–Crippen LogP) is 1.85. The maximum Gasteiger partial charge on any atom is 0.228 e. The number of rotatable bonds is 6. The lowest BCUT2D eigenvalue weighted by molar-refractivity contribution is 0.270. The van der Waals surface area contributed by atoms with E-state index in [0.717, 1.165) is 5.56 Å². The zero-order valence-corrected chi connectivity index (χ0v) is 13.0. The Kier molecular flexibility index (Phi) is 4.80. The summed E-state index contributed by atoms with van der Waals surface area (Å²) in [5, 5.41) is 9.43. The van der Waals surface area contributed by atoms with E-state index >= 15 is 0 Å². The minimum absolute atomic E-state index is 0.0226. The highest BCUT2D eigenvalue weighted by Crippen LogP contribution is 2.17. The molecule has 0 saturated carbocycles. The van der Waals surface area contributed by atoms with E-state index in [1.54, 1.807) is 4.57 Å². The molecule has 0 bridgehead atoms. The van der Waals surface area contributed by atoms with Gasteiger partial charge in [0, 0.05) is 0 Å². The van der Waals surface area contributed by atoms with Gasteiger partial charge in [0.25, 0.3) is 0 Å². The summed E-state index contributed by atoms with van der Waals surface area (Å²) in [6, 6.07) is 9.53. The molecule has 0 spiro atoms. The second kappa shape index (κ2) is 6.41. The van der Waals surface area contributed by atoms with Crippen LogP contribution in [0.3, 0.4) is 0 Å². The molecular weight excluding hydrogens is 288 g/mol. The van der Waals surface area contributed by atoms with Crippen molar-refractivity contribution in [3.8, 4) is 0 Å². The fraction of sp³-hybridized carbons (Fsp3) is 0.400. The third kappa shape index (κ3) is 3.71. The average molecular weight is 308 g/mol. The van der Waals surface area contributed by atoms with Gasteiger partial charge in [0.2, 0.25) is 15.0 Å². The van der Waals surface area contributed by atoms with Crippen LogP contribution in [0.15, 0.2) is 41.7 Å². The Morgan fingerprint density at radius 2 is 1.90 bits per heavy atom. The zero-order valence-electron chi connectivity index (χ0n) is 12.2. The van der Waals surface area contributed by atoms with Crippen molar-refractivity contribution in [2.45, 2.75) is 32.2 Å². The SMILES string of the molecule is CC(C)CS(=O)(=O)c1ncc(CO)n1Cc1ccccc1. The summed E-state index contributed by atoms with van der Waals surface area (Å²) in [6.07, 6.45) is 1.43. The first kappa shape index (κ1) is 15.7. The Labute approximate surface area is 125 Å². The number of hydrogen-bond donors (Lipinski definition) is 1. The van der Waals surface area contributed by atoms with Crippen LogP contribution < -0.4 is 0 Å². The first-order valence-corrected chi connectivity index (χ1v) is 8.51. The first-order chi connectivity index (χ1) is 9.94. The first-order valence-electron chi connectivity index (χ1n) is 6.86. The summed E-state index contributed by atoms with van der Waals surface area (Å²) in [4.78, 5) is 4.02. The van der Waals surface area contributed by atoms with Gasteiger partial charge in [0.05, 0.1) is 30.8 Å². The summed E-state index contributed by atoms with van der Waals surface area (Å²) >= 11 is 0. The molecule has 0 fully saturated rings. The van der Waals surface area contributed by atoms with Crippen molar-refractivity contribution in [2.75, 3.05) is 5.75 Å². The van der Waals surface area contributed by atoms with Crippen LogP contribution in [-0.4, -0.2) is 28.8 Å². The third-order valence-electron chi connectivity index (χ3n) is 3.08. The van der Waals surface area contributed by atoms with E-state index in [0.29, 0.717) is 12.2 Å². The average Bonchev–Trinajstić information content (AvgIpc) is 2.82. The number of imidazole rings is 1. The van der Waals surface area contributed by atoms with Gasteiger partial charge >= 0.3 is 0 Å². The maximum absolute atomic E-state index is 12.4. The van der Waals surface area contributed by atoms with E-state index in [9.17, 15) is 13.5 Å². The second-order valence-electron chi connectivity index (χ2n) is 5.44. The van der Waals surface area contributed by atoms with Gasteiger partial charge in [-0.05, 0) is 11.5 Å². The number of sulfone groups is 1. The van der Waals surface area contributed by atoms with Gasteiger partial charge in [-0.3, -0.25) is 0 Å². The zero-order chi connectivity index (χ0) is 15.5. The van der Waals surface area contributed by atoms with Crippen LogP contribution in [0.2, 0.25) is 0 Å². The van der Waals surface area contributed by atoms with E-state index in [1.807, 2.05) is 44.2 Å². The minimum atomic E-state index is -3.46. The molecule has 0 saturated heterocycles. The van der Waals surface area contributed by atoms with Crippen molar-refractivity contribution in [1.29, 1.82) is 0 Å². The van der Waals surface area contributed by atoms with Gasteiger partial charge in [-0.2, -0.15) is 0 Å². The Bertz CT molecular complexity index is 691. The maximum atomic E-state index is 12.4. The number of nitrogens with zero attached hydrogens (tertiary/aromatic N) is 2. The Morgan fingerprint density at radius 3 is 2.48 bits per heavy atom. The highest BCUT2D eigenvalue weighted by Gasteiger charge is 2.24. The lowest BCUT2D eigenvalue weighted by Crippen LogP contribution is -2.19. The summed E-state index contributed by atoms with van der Waals surface area (Å²) in [6.45, 7) is 3.85. The molecular formula is C15H20N2O3S. The number of aromatic nitrogens is 2. The van der Waals surface area contributed by atoms with Gasteiger partial charge in [-0.15, -0.1) is 0 Å². The van der Waals surface area contributed by atoms with E-state index in [2.05, 4.69) is 4.98 Å². The van der Waals surface area contributed by atoms with Crippen LogP contribution in [0.25, 0.3) is 0 Å². The minimum Gasteiger partial charge on any atom is -0.390 e. The van der Waals surface area contributed by atoms with Crippen molar-refractivity contribution in [2.24, 2.45) is 5.92 Å². The molecule has 0 amide bonds. The van der Waals surface area contributed by atoms with Crippen LogP contribution in [-0.2, 0) is 23.0 Å². The van der Waals surface area contributed by atoms with Crippen LogP contribution in [0, 0.1) is 5.92 Å². The Hall–Kier alpha value is -1.66. The largest absolute Gasteiger partial charge is 0.390 e. The summed E-state index contributed by atoms with van der Waals surface area (Å²) < 4.78 is 26.4. The second-order valence-corrected chi connectivity index (χ2v) is 7.37. The number of aliphatic hydroxyl groups excluding tert-OH is 1. The number of hydrogen-bond acceptors (Lipinski definition) is 4. The molecule has 5 nitrogen and oxygen atoms in total. The molecule has 0 aliphatic heterocycles. The van der Waals surface area contributed by atoms with Crippen molar-refractivity contribution in [3.05, 3.63) is 47.8 Å². The molecule has 114 valence electrons. The molecule has 0 atom stereocenters. The highest BCUT2D eigenvalue weighted by molar-refractivity contribution is 7.91. The lowest BCUT2D eigenvalue weighted by Gasteiger charge is -2.12. The van der Waals surface area contributed by atoms with Crippen molar-refractivity contribution in [3.63, 3.8) is 0 Å². The molecule has 6 heteroatoms. The monoisotopic (exact) mass is 308 g/mol. The van der Waals surface area contributed by atoms with Crippen molar-refractivity contribution < 1.29 is 13.5 Å². The number of benzene rings is 1. The molecule has 1 aromatic heterocycles. The third-order valence-corrected chi connectivity index (χ3v) is 5.07. The van der Waals surface area contributed by atoms with Gasteiger partial charge in [-0.1, -0.05) is 44.2 Å². The molecule has 1 aromatic carbocycles. The molecule has 2 aromatic rings. The standard InChI is InChI=1S/C15H20N2O3S/c1-12(2)11-21(19,20)15-16-8-14(10-18)17(15)9-13-6-4-3-5-7-13/h3-8,12,18H,9-11H2,1-2H3. The van der Waals surface area contributed by atoms with Crippen molar-refractivity contribution in [1.82, 2.24) is 9.55 Å². The van der Waals surface area contributed by atoms with Crippen LogP contribution in [0.4, 0.5) is 0 Å². The van der Waals surface area contributed by atoms with Gasteiger partial charge in [0.1, 0.15) is 0 Å². The van der Waals surface area contributed by atoms with Gasteiger partial charge < -0.3 is 9.67 Å². The Balaban J connectivity index is 2.42. The van der Waals surface area contributed by atoms with Crippen molar-refractivity contribution >= 4 is 9.84 Å². The van der Waals surface area contributed by atoms with E-state index < -0.39 is 9.84 Å². The van der Waals surface area contributed by atoms with E-state index in [4.69, 9.17) is 0 Å². The van der Waals surface area contributed by atoms with Crippen LogP contribution in [0.5, 0.6) is 0 Å². The highest BCUT2D eigenvalue weighted by atomic mass is 32.2. The fourth-order valence-corrected chi connectivity index (χ4v) is 3.97. The molecule has 0 radical (unpaired) electrons. The molecule has 1 heterocycles. The molecule has 0 aliphatic rings. The quantitative estimate of drug-likeness (QED) is 0.884.